The van der Waals surface area contributed by atoms with Crippen molar-refractivity contribution in [2.45, 2.75) is 46.1 Å². The fourth-order valence-corrected chi connectivity index (χ4v) is 2.56. The van der Waals surface area contributed by atoms with Gasteiger partial charge in [-0.05, 0) is 39.2 Å². The van der Waals surface area contributed by atoms with Crippen molar-refractivity contribution < 1.29 is 4.74 Å². The average Bonchev–Trinajstić information content (AvgIpc) is 3.31. The zero-order chi connectivity index (χ0) is 15.9. The number of aryl methyl sites for hydroxylation is 1. The Kier molecular flexibility index (Phi) is 6.10. The Hall–Kier alpha value is -1.71. The number of nitrogens with one attached hydrogen (secondary N) is 2. The fourth-order valence-electron chi connectivity index (χ4n) is 2.56. The Morgan fingerprint density at radius 3 is 2.82 bits per heavy atom. The fraction of sp³-hybridized carbons (Fsp3) is 0.611. The molecule has 122 valence electrons. The van der Waals surface area contributed by atoms with Crippen molar-refractivity contribution in [2.24, 2.45) is 10.9 Å². The van der Waals surface area contributed by atoms with Gasteiger partial charge in [0, 0.05) is 18.7 Å². The van der Waals surface area contributed by atoms with Crippen molar-refractivity contribution in [2.75, 3.05) is 20.2 Å². The van der Waals surface area contributed by atoms with Crippen molar-refractivity contribution in [1.29, 1.82) is 0 Å². The van der Waals surface area contributed by atoms with Crippen molar-refractivity contribution >= 4 is 5.96 Å². The highest BCUT2D eigenvalue weighted by atomic mass is 16.5. The van der Waals surface area contributed by atoms with Crippen LogP contribution in [-0.4, -0.2) is 26.2 Å². The van der Waals surface area contributed by atoms with Gasteiger partial charge in [-0.25, -0.2) is 0 Å². The van der Waals surface area contributed by atoms with Crippen molar-refractivity contribution in [3.8, 4) is 5.75 Å². The number of benzene rings is 1. The maximum absolute atomic E-state index is 5.48. The quantitative estimate of drug-likeness (QED) is 0.599. The molecule has 4 nitrogen and oxygen atoms in total. The van der Waals surface area contributed by atoms with Crippen LogP contribution in [0.15, 0.2) is 23.2 Å². The average molecular weight is 303 g/mol. The molecular formula is C18H29N3O. The Labute approximate surface area is 134 Å². The summed E-state index contributed by atoms with van der Waals surface area (Å²) < 4.78 is 5.48. The highest BCUT2D eigenvalue weighted by molar-refractivity contribution is 5.80. The van der Waals surface area contributed by atoms with E-state index in [9.17, 15) is 0 Å². The second-order valence-electron chi connectivity index (χ2n) is 6.10. The molecule has 0 aliphatic heterocycles. The second-order valence-corrected chi connectivity index (χ2v) is 6.10. The monoisotopic (exact) mass is 303 g/mol. The molecule has 0 spiro atoms. The van der Waals surface area contributed by atoms with Crippen LogP contribution < -0.4 is 15.4 Å². The van der Waals surface area contributed by atoms with E-state index in [-0.39, 0.29) is 6.04 Å². The first kappa shape index (κ1) is 16.7. The summed E-state index contributed by atoms with van der Waals surface area (Å²) in [5, 5.41) is 6.82. The van der Waals surface area contributed by atoms with Gasteiger partial charge in [-0.3, -0.25) is 4.99 Å². The SMILES string of the molecule is CCNC(=NCCC1CC1)NC(C)c1cc(C)ccc1OC. The molecule has 2 N–H and O–H groups in total. The lowest BCUT2D eigenvalue weighted by Crippen LogP contribution is -2.39. The van der Waals surface area contributed by atoms with Crippen LogP contribution in [0.5, 0.6) is 5.75 Å². The molecule has 0 saturated heterocycles. The normalized spacial score (nSPS) is 16.3. The number of methoxy groups -OCH3 is 1. The summed E-state index contributed by atoms with van der Waals surface area (Å²) in [5.74, 6) is 2.72. The zero-order valence-electron chi connectivity index (χ0n) is 14.3. The minimum atomic E-state index is 0.147. The molecule has 1 unspecified atom stereocenters. The maximum Gasteiger partial charge on any atom is 0.191 e. The molecule has 1 aliphatic carbocycles. The van der Waals surface area contributed by atoms with Gasteiger partial charge in [-0.2, -0.15) is 0 Å². The Morgan fingerprint density at radius 1 is 1.41 bits per heavy atom. The zero-order valence-corrected chi connectivity index (χ0v) is 14.3. The Morgan fingerprint density at radius 2 is 2.18 bits per heavy atom. The number of nitrogens with zero attached hydrogens (tertiary/aromatic N) is 1. The van der Waals surface area contributed by atoms with Crippen LogP contribution in [0, 0.1) is 12.8 Å². The number of aliphatic imine (C=N–C) groups is 1. The smallest absolute Gasteiger partial charge is 0.191 e. The summed E-state index contributed by atoms with van der Waals surface area (Å²) in [7, 11) is 1.72. The minimum Gasteiger partial charge on any atom is -0.496 e. The van der Waals surface area contributed by atoms with Gasteiger partial charge in [-0.1, -0.05) is 30.5 Å². The molecule has 22 heavy (non-hydrogen) atoms. The molecule has 0 aromatic heterocycles. The third-order valence-corrected chi connectivity index (χ3v) is 4.05. The van der Waals surface area contributed by atoms with Gasteiger partial charge >= 0.3 is 0 Å². The lowest BCUT2D eigenvalue weighted by molar-refractivity contribution is 0.405. The molecule has 0 bridgehead atoms. The highest BCUT2D eigenvalue weighted by Gasteiger charge is 2.20. The van der Waals surface area contributed by atoms with E-state index in [2.05, 4.69) is 43.5 Å². The molecule has 1 fully saturated rings. The second kappa shape index (κ2) is 8.06. The summed E-state index contributed by atoms with van der Waals surface area (Å²) in [6.45, 7) is 8.11. The molecule has 0 radical (unpaired) electrons. The molecule has 1 aliphatic rings. The van der Waals surface area contributed by atoms with Gasteiger partial charge in [0.25, 0.3) is 0 Å². The third-order valence-electron chi connectivity index (χ3n) is 4.05. The summed E-state index contributed by atoms with van der Waals surface area (Å²) in [4.78, 5) is 4.69. The lowest BCUT2D eigenvalue weighted by Gasteiger charge is -2.20. The van der Waals surface area contributed by atoms with Crippen LogP contribution >= 0.6 is 0 Å². The van der Waals surface area contributed by atoms with Crippen molar-refractivity contribution in [3.05, 3.63) is 29.3 Å². The molecule has 1 aromatic rings. The standard InChI is InChI=1S/C18H29N3O/c1-5-19-18(20-11-10-15-7-8-15)21-14(3)16-12-13(2)6-9-17(16)22-4/h6,9,12,14-15H,5,7-8,10-11H2,1-4H3,(H2,19,20,21). The van der Waals surface area contributed by atoms with E-state index in [4.69, 9.17) is 9.73 Å². The van der Waals surface area contributed by atoms with E-state index in [1.165, 1.54) is 24.8 Å². The van der Waals surface area contributed by atoms with E-state index in [1.54, 1.807) is 7.11 Å². The molecule has 4 heteroatoms. The summed E-state index contributed by atoms with van der Waals surface area (Å²) >= 11 is 0. The summed E-state index contributed by atoms with van der Waals surface area (Å²) in [6.07, 6.45) is 3.98. The van der Waals surface area contributed by atoms with Crippen molar-refractivity contribution in [3.63, 3.8) is 0 Å². The predicted octanol–water partition coefficient (Wildman–Crippen LogP) is 3.42. The van der Waals surface area contributed by atoms with Crippen LogP contribution in [0.3, 0.4) is 0 Å². The van der Waals surface area contributed by atoms with E-state index in [1.807, 2.05) is 6.07 Å². The first-order chi connectivity index (χ1) is 10.6. The van der Waals surface area contributed by atoms with Gasteiger partial charge in [0.15, 0.2) is 5.96 Å². The Bertz CT molecular complexity index is 509. The van der Waals surface area contributed by atoms with Crippen LogP contribution in [0.4, 0.5) is 0 Å². The summed E-state index contributed by atoms with van der Waals surface area (Å²) in [5.41, 5.74) is 2.40. The molecule has 1 atom stereocenters. The largest absolute Gasteiger partial charge is 0.496 e. The number of hydrogen-bond donors (Lipinski definition) is 2. The van der Waals surface area contributed by atoms with Crippen LogP contribution in [-0.2, 0) is 0 Å². The highest BCUT2D eigenvalue weighted by Crippen LogP contribution is 2.32. The van der Waals surface area contributed by atoms with Gasteiger partial charge in [0.1, 0.15) is 5.75 Å². The van der Waals surface area contributed by atoms with E-state index in [0.717, 1.165) is 36.3 Å². The minimum absolute atomic E-state index is 0.147. The third kappa shape index (κ3) is 4.93. The number of ether oxygens (including phenoxy) is 1. The van der Waals surface area contributed by atoms with E-state index >= 15 is 0 Å². The molecule has 0 amide bonds. The summed E-state index contributed by atoms with van der Waals surface area (Å²) in [6, 6.07) is 6.42. The number of rotatable bonds is 7. The number of guanidine groups is 1. The molecule has 1 saturated carbocycles. The van der Waals surface area contributed by atoms with Crippen LogP contribution in [0.2, 0.25) is 0 Å². The van der Waals surface area contributed by atoms with Gasteiger partial charge in [0.2, 0.25) is 0 Å². The van der Waals surface area contributed by atoms with E-state index < -0.39 is 0 Å². The van der Waals surface area contributed by atoms with Crippen LogP contribution in [0.25, 0.3) is 0 Å². The predicted molar refractivity (Wildman–Crippen MR) is 92.6 cm³/mol. The van der Waals surface area contributed by atoms with Gasteiger partial charge in [-0.15, -0.1) is 0 Å². The molecule has 2 rings (SSSR count). The topological polar surface area (TPSA) is 45.7 Å². The number of hydrogen-bond acceptors (Lipinski definition) is 2. The Balaban J connectivity index is 2.02. The molecule has 0 heterocycles. The first-order valence-electron chi connectivity index (χ1n) is 8.33. The van der Waals surface area contributed by atoms with Gasteiger partial charge in [0.05, 0.1) is 13.2 Å². The van der Waals surface area contributed by atoms with Gasteiger partial charge < -0.3 is 15.4 Å². The first-order valence-corrected chi connectivity index (χ1v) is 8.33. The maximum atomic E-state index is 5.48. The lowest BCUT2D eigenvalue weighted by atomic mass is 10.0. The molecular weight excluding hydrogens is 274 g/mol. The van der Waals surface area contributed by atoms with E-state index in [0.29, 0.717) is 0 Å². The van der Waals surface area contributed by atoms with Crippen molar-refractivity contribution in [1.82, 2.24) is 10.6 Å². The molecule has 1 aromatic carbocycles. The van der Waals surface area contributed by atoms with Crippen LogP contribution in [0.1, 0.15) is 50.3 Å².